The van der Waals surface area contributed by atoms with E-state index in [0.717, 1.165) is 28.0 Å². The third-order valence-electron chi connectivity index (χ3n) is 4.88. The van der Waals surface area contributed by atoms with Crippen LogP contribution in [0.1, 0.15) is 29.5 Å². The van der Waals surface area contributed by atoms with Crippen LogP contribution in [0.25, 0.3) is 0 Å². The van der Waals surface area contributed by atoms with Crippen LogP contribution in [0.4, 0.5) is 10.8 Å². The van der Waals surface area contributed by atoms with Gasteiger partial charge in [0.1, 0.15) is 0 Å². The highest BCUT2D eigenvalue weighted by molar-refractivity contribution is 7.73. The van der Waals surface area contributed by atoms with Gasteiger partial charge in [-0.2, -0.15) is 0 Å². The molecule has 0 aliphatic heterocycles. The number of rotatable bonds is 7. The maximum atomic E-state index is 5.57. The van der Waals surface area contributed by atoms with Crippen molar-refractivity contribution in [3.05, 3.63) is 63.4 Å². The van der Waals surface area contributed by atoms with Crippen LogP contribution in [-0.2, 0) is 13.2 Å². The number of aromatic nitrogens is 3. The van der Waals surface area contributed by atoms with Crippen LogP contribution in [0, 0.1) is 17.8 Å². The lowest BCUT2D eigenvalue weighted by molar-refractivity contribution is 0.187. The Hall–Kier alpha value is -2.09. The average Bonchev–Trinajstić information content (AvgIpc) is 3.44. The smallest absolute Gasteiger partial charge is 0.209 e. The molecule has 1 saturated carbocycles. The largest absolute Gasteiger partial charge is 0.330 e. The molecule has 1 aromatic carbocycles. The van der Waals surface area contributed by atoms with Crippen molar-refractivity contribution in [3.63, 3.8) is 0 Å². The van der Waals surface area contributed by atoms with Crippen LogP contribution < -0.4 is 5.32 Å². The van der Waals surface area contributed by atoms with Crippen molar-refractivity contribution in [2.75, 3.05) is 5.32 Å². The molecular formula is C20H23N5S2. The molecule has 1 N–H and O–H groups in total. The lowest BCUT2D eigenvalue weighted by atomic mass is 10.1. The molecule has 3 aromatic rings. The van der Waals surface area contributed by atoms with Crippen molar-refractivity contribution in [1.82, 2.24) is 19.7 Å². The molecule has 2 heterocycles. The summed E-state index contributed by atoms with van der Waals surface area (Å²) in [6.45, 7) is 5.85. The quantitative estimate of drug-likeness (QED) is 0.565. The van der Waals surface area contributed by atoms with Gasteiger partial charge in [-0.05, 0) is 79.9 Å². The molecule has 0 radical (unpaired) electrons. The zero-order valence-corrected chi connectivity index (χ0v) is 17.2. The van der Waals surface area contributed by atoms with Gasteiger partial charge in [0, 0.05) is 30.7 Å². The Morgan fingerprint density at radius 1 is 1.19 bits per heavy atom. The summed E-state index contributed by atoms with van der Waals surface area (Å²) >= 11 is 7.09. The Kier molecular flexibility index (Phi) is 5.33. The first-order valence-electron chi connectivity index (χ1n) is 9.13. The molecule has 140 valence electrons. The summed E-state index contributed by atoms with van der Waals surface area (Å²) in [7, 11) is 0. The molecule has 2 aromatic heterocycles. The van der Waals surface area contributed by atoms with E-state index in [-0.39, 0.29) is 0 Å². The summed E-state index contributed by atoms with van der Waals surface area (Å²) < 4.78 is 2.73. The summed E-state index contributed by atoms with van der Waals surface area (Å²) in [5.74, 6) is 0. The topological polar surface area (TPSA) is 46.0 Å². The minimum Gasteiger partial charge on any atom is -0.330 e. The monoisotopic (exact) mass is 397 g/mol. The number of hydrogen-bond acceptors (Lipinski definition) is 6. The molecule has 0 amide bonds. The highest BCUT2D eigenvalue weighted by atomic mass is 32.1. The van der Waals surface area contributed by atoms with Crippen molar-refractivity contribution in [3.8, 4) is 0 Å². The Morgan fingerprint density at radius 2 is 1.96 bits per heavy atom. The van der Waals surface area contributed by atoms with Crippen molar-refractivity contribution in [1.29, 1.82) is 0 Å². The number of anilines is 2. The van der Waals surface area contributed by atoms with Crippen molar-refractivity contribution in [2.45, 2.75) is 45.9 Å². The van der Waals surface area contributed by atoms with Gasteiger partial charge in [0.25, 0.3) is 0 Å². The van der Waals surface area contributed by atoms with Gasteiger partial charge in [0.05, 0.1) is 6.67 Å². The fraction of sp³-hybridized carbons (Fsp3) is 0.350. The zero-order chi connectivity index (χ0) is 18.8. The molecular weight excluding hydrogens is 374 g/mol. The first-order chi connectivity index (χ1) is 13.1. The van der Waals surface area contributed by atoms with Gasteiger partial charge in [-0.15, -0.1) is 5.10 Å². The van der Waals surface area contributed by atoms with Crippen LogP contribution in [-0.4, -0.2) is 25.7 Å². The molecule has 0 bridgehead atoms. The molecule has 0 saturated heterocycles. The molecule has 0 unspecified atom stereocenters. The first kappa shape index (κ1) is 18.3. The van der Waals surface area contributed by atoms with Gasteiger partial charge >= 0.3 is 0 Å². The van der Waals surface area contributed by atoms with Crippen LogP contribution >= 0.6 is 23.6 Å². The predicted molar refractivity (Wildman–Crippen MR) is 113 cm³/mol. The van der Waals surface area contributed by atoms with Gasteiger partial charge in [0.15, 0.2) is 3.95 Å². The molecule has 1 aliphatic carbocycles. The fourth-order valence-corrected chi connectivity index (χ4v) is 4.03. The van der Waals surface area contributed by atoms with E-state index in [4.69, 9.17) is 17.3 Å². The van der Waals surface area contributed by atoms with E-state index in [1.165, 1.54) is 40.9 Å². The number of aryl methyl sites for hydroxylation is 2. The molecule has 0 spiro atoms. The second kappa shape index (κ2) is 7.88. The lowest BCUT2D eigenvalue weighted by Gasteiger charge is -2.21. The van der Waals surface area contributed by atoms with Gasteiger partial charge in [-0.25, -0.2) is 4.68 Å². The number of benzene rings is 1. The van der Waals surface area contributed by atoms with E-state index < -0.39 is 0 Å². The van der Waals surface area contributed by atoms with Crippen LogP contribution in [0.5, 0.6) is 0 Å². The molecule has 1 aliphatic rings. The predicted octanol–water partition coefficient (Wildman–Crippen LogP) is 5.05. The third-order valence-corrected chi connectivity index (χ3v) is 6.10. The van der Waals surface area contributed by atoms with Gasteiger partial charge < -0.3 is 5.32 Å². The number of pyridine rings is 1. The highest BCUT2D eigenvalue weighted by Crippen LogP contribution is 2.29. The second-order valence-electron chi connectivity index (χ2n) is 7.07. The first-order valence-corrected chi connectivity index (χ1v) is 10.4. The molecule has 5 nitrogen and oxygen atoms in total. The third kappa shape index (κ3) is 4.61. The van der Waals surface area contributed by atoms with Gasteiger partial charge in [-0.3, -0.25) is 9.88 Å². The normalized spacial score (nSPS) is 13.9. The maximum absolute atomic E-state index is 5.57. The SMILES string of the molecule is Cc1ccc(Nc2nn(CN(Cc3ccncc3)C3CC3)c(=S)s2)cc1C. The Labute approximate surface area is 168 Å². The van der Waals surface area contributed by atoms with Crippen molar-refractivity contribution >= 4 is 34.4 Å². The fourth-order valence-electron chi connectivity index (χ4n) is 3.02. The summed E-state index contributed by atoms with van der Waals surface area (Å²) in [6, 6.07) is 11.1. The Bertz CT molecular complexity index is 976. The van der Waals surface area contributed by atoms with E-state index in [2.05, 4.69) is 59.4 Å². The molecule has 7 heteroatoms. The van der Waals surface area contributed by atoms with Crippen LogP contribution in [0.15, 0.2) is 42.7 Å². The Morgan fingerprint density at radius 3 is 2.67 bits per heavy atom. The van der Waals surface area contributed by atoms with Crippen LogP contribution in [0.3, 0.4) is 0 Å². The zero-order valence-electron chi connectivity index (χ0n) is 15.6. The minimum absolute atomic E-state index is 0.623. The molecule has 27 heavy (non-hydrogen) atoms. The number of hydrogen-bond donors (Lipinski definition) is 1. The van der Waals surface area contributed by atoms with Crippen molar-refractivity contribution in [2.24, 2.45) is 0 Å². The lowest BCUT2D eigenvalue weighted by Crippen LogP contribution is -2.28. The minimum atomic E-state index is 0.623. The molecule has 1 fully saturated rings. The van der Waals surface area contributed by atoms with E-state index in [0.29, 0.717) is 6.04 Å². The average molecular weight is 398 g/mol. The Balaban J connectivity index is 1.48. The molecule has 0 atom stereocenters. The van der Waals surface area contributed by atoms with Gasteiger partial charge in [0.2, 0.25) is 5.13 Å². The van der Waals surface area contributed by atoms with E-state index in [1.54, 1.807) is 0 Å². The van der Waals surface area contributed by atoms with E-state index >= 15 is 0 Å². The standard InChI is InChI=1S/C20H23N5S2/c1-14-3-4-17(11-15(14)2)22-19-23-25(20(26)27-19)13-24(18-5-6-18)12-16-7-9-21-10-8-16/h3-4,7-11,18H,5-6,12-13H2,1-2H3,(H,22,23). The summed E-state index contributed by atoms with van der Waals surface area (Å²) in [5.41, 5.74) is 4.87. The number of nitrogens with zero attached hydrogens (tertiary/aromatic N) is 4. The second-order valence-corrected chi connectivity index (χ2v) is 8.69. The van der Waals surface area contributed by atoms with E-state index in [9.17, 15) is 0 Å². The highest BCUT2D eigenvalue weighted by Gasteiger charge is 2.29. The summed E-state index contributed by atoms with van der Waals surface area (Å²) in [4.78, 5) is 6.56. The van der Waals surface area contributed by atoms with E-state index in [1.807, 2.05) is 17.1 Å². The van der Waals surface area contributed by atoms with Crippen molar-refractivity contribution < 1.29 is 0 Å². The summed E-state index contributed by atoms with van der Waals surface area (Å²) in [5, 5.41) is 8.94. The molecule has 4 rings (SSSR count). The van der Waals surface area contributed by atoms with Crippen LogP contribution in [0.2, 0.25) is 0 Å². The number of nitrogens with one attached hydrogen (secondary N) is 1. The van der Waals surface area contributed by atoms with Gasteiger partial charge in [-0.1, -0.05) is 17.4 Å². The maximum Gasteiger partial charge on any atom is 0.209 e. The summed E-state index contributed by atoms with van der Waals surface area (Å²) in [6.07, 6.45) is 6.19.